The van der Waals surface area contributed by atoms with E-state index < -0.39 is 24.0 Å². The van der Waals surface area contributed by atoms with Crippen LogP contribution in [0.25, 0.3) is 11.1 Å². The molecule has 0 spiro atoms. The van der Waals surface area contributed by atoms with E-state index in [1.54, 1.807) is 24.3 Å². The van der Waals surface area contributed by atoms with Crippen molar-refractivity contribution < 1.29 is 19.5 Å². The van der Waals surface area contributed by atoms with Gasteiger partial charge >= 0.3 is 5.97 Å². The van der Waals surface area contributed by atoms with Crippen molar-refractivity contribution in [1.29, 1.82) is 0 Å². The number of amides is 2. The van der Waals surface area contributed by atoms with Gasteiger partial charge in [-0.3, -0.25) is 9.59 Å². The maximum Gasteiger partial charge on any atom is 0.326 e. The number of carbonyl (C=O) groups excluding carboxylic acids is 2. The molecule has 7 heteroatoms. The van der Waals surface area contributed by atoms with Crippen molar-refractivity contribution in [1.82, 2.24) is 10.2 Å². The molecule has 2 N–H and O–H groups in total. The second kappa shape index (κ2) is 10.0. The van der Waals surface area contributed by atoms with Crippen molar-refractivity contribution >= 4 is 34.9 Å². The molecule has 0 aromatic heterocycles. The summed E-state index contributed by atoms with van der Waals surface area (Å²) in [5.74, 6) is -1.92. The predicted octanol–water partition coefficient (Wildman–Crippen LogP) is 4.32. The van der Waals surface area contributed by atoms with Crippen molar-refractivity contribution in [2.75, 3.05) is 0 Å². The molecule has 0 bridgehead atoms. The first-order valence-electron chi connectivity index (χ1n) is 12.1. The largest absolute Gasteiger partial charge is 0.480 e. The van der Waals surface area contributed by atoms with Crippen LogP contribution in [-0.2, 0) is 20.8 Å². The van der Waals surface area contributed by atoms with Crippen LogP contribution < -0.4 is 5.32 Å². The van der Waals surface area contributed by atoms with Gasteiger partial charge in [-0.25, -0.2) is 4.79 Å². The Balaban J connectivity index is 1.53. The molecular formula is C29H26N2O4S. The first kappa shape index (κ1) is 23.9. The molecule has 2 amide bonds. The molecule has 0 aliphatic carbocycles. The van der Waals surface area contributed by atoms with Crippen LogP contribution in [0.5, 0.6) is 0 Å². The van der Waals surface area contributed by atoms with Crippen LogP contribution in [0.2, 0.25) is 0 Å². The van der Waals surface area contributed by atoms with E-state index in [2.05, 4.69) is 11.4 Å². The number of hydrogen-bond donors (Lipinski definition) is 2. The van der Waals surface area contributed by atoms with Gasteiger partial charge in [-0.2, -0.15) is 0 Å². The molecule has 2 aliphatic rings. The summed E-state index contributed by atoms with van der Waals surface area (Å²) in [6.07, 6.45) is 2.03. The standard InChI is InChI=1S/C29H26N2O4S/c32-27(26(36)19-10-5-2-6-11-19)30-23-17-21-15-14-20(18-8-3-1-4-9-18)16-22(21)24-12-7-13-25(29(34)35)31(24)28(23)33/h1-6,8-11,14-16,23-25H,7,12-13,17H2,(H,30,32)(H,34,35)/t23-,24+,25-/m0/s1. The number of aliphatic carboxylic acids is 1. The first-order chi connectivity index (χ1) is 17.4. The van der Waals surface area contributed by atoms with Crippen LogP contribution >= 0.6 is 12.2 Å². The lowest BCUT2D eigenvalue weighted by Crippen LogP contribution is -2.56. The van der Waals surface area contributed by atoms with E-state index in [0.717, 1.165) is 22.3 Å². The van der Waals surface area contributed by atoms with Crippen molar-refractivity contribution in [3.63, 3.8) is 0 Å². The highest BCUT2D eigenvalue weighted by atomic mass is 32.1. The average molecular weight is 499 g/mol. The number of thiocarbonyl (C=S) groups is 1. The highest BCUT2D eigenvalue weighted by molar-refractivity contribution is 7.82. The molecule has 3 aromatic rings. The lowest BCUT2D eigenvalue weighted by Gasteiger charge is -2.40. The normalized spacial score (nSPS) is 21.1. The molecule has 1 fully saturated rings. The number of carboxylic acids is 1. The monoisotopic (exact) mass is 498 g/mol. The molecule has 3 aromatic carbocycles. The number of nitrogens with zero attached hydrogens (tertiary/aromatic N) is 1. The summed E-state index contributed by atoms with van der Waals surface area (Å²) in [5.41, 5.74) is 4.52. The number of hydrogen-bond acceptors (Lipinski definition) is 4. The van der Waals surface area contributed by atoms with Crippen LogP contribution in [0, 0.1) is 0 Å². The Labute approximate surface area is 214 Å². The van der Waals surface area contributed by atoms with Crippen molar-refractivity contribution in [2.45, 2.75) is 43.8 Å². The molecule has 0 saturated carbocycles. The fourth-order valence-corrected chi connectivity index (χ4v) is 5.50. The second-order valence-electron chi connectivity index (χ2n) is 9.25. The van der Waals surface area contributed by atoms with Gasteiger partial charge in [-0.05, 0) is 53.1 Å². The van der Waals surface area contributed by atoms with Crippen molar-refractivity contribution in [2.24, 2.45) is 0 Å². The summed E-state index contributed by atoms with van der Waals surface area (Å²) >= 11 is 5.38. The number of nitrogens with one attached hydrogen (secondary N) is 1. The minimum atomic E-state index is -1.03. The van der Waals surface area contributed by atoms with Gasteiger partial charge in [-0.15, -0.1) is 0 Å². The fourth-order valence-electron chi connectivity index (χ4n) is 5.30. The number of carboxylic acid groups (broad SMARTS) is 1. The molecule has 0 unspecified atom stereocenters. The van der Waals surface area contributed by atoms with Gasteiger partial charge in [0.2, 0.25) is 5.91 Å². The zero-order chi connectivity index (χ0) is 25.2. The smallest absolute Gasteiger partial charge is 0.326 e. The number of carbonyl (C=O) groups is 3. The maximum atomic E-state index is 13.8. The van der Waals surface area contributed by atoms with Gasteiger partial charge in [0, 0.05) is 6.42 Å². The van der Waals surface area contributed by atoms with E-state index in [1.165, 1.54) is 4.90 Å². The van der Waals surface area contributed by atoms with Crippen LogP contribution in [0.1, 0.15) is 42.0 Å². The molecule has 3 atom stereocenters. The summed E-state index contributed by atoms with van der Waals surface area (Å²) < 4.78 is 0. The Morgan fingerprint density at radius 2 is 1.61 bits per heavy atom. The van der Waals surface area contributed by atoms with E-state index >= 15 is 0 Å². The Kier molecular flexibility index (Phi) is 6.65. The fraction of sp³-hybridized carbons (Fsp3) is 0.241. The molecule has 182 valence electrons. The maximum absolute atomic E-state index is 13.8. The topological polar surface area (TPSA) is 86.7 Å². The molecule has 2 aliphatic heterocycles. The lowest BCUT2D eigenvalue weighted by molar-refractivity contribution is -0.156. The van der Waals surface area contributed by atoms with Crippen LogP contribution in [-0.4, -0.2) is 44.7 Å². The van der Waals surface area contributed by atoms with Crippen molar-refractivity contribution in [3.8, 4) is 11.1 Å². The zero-order valence-electron chi connectivity index (χ0n) is 19.6. The second-order valence-corrected chi connectivity index (χ2v) is 9.66. The van der Waals surface area contributed by atoms with Crippen LogP contribution in [0.3, 0.4) is 0 Å². The van der Waals surface area contributed by atoms with Crippen LogP contribution in [0.15, 0.2) is 78.9 Å². The van der Waals surface area contributed by atoms with Gasteiger partial charge in [0.1, 0.15) is 16.9 Å². The number of piperidine rings is 1. The van der Waals surface area contributed by atoms with E-state index in [-0.39, 0.29) is 23.2 Å². The summed E-state index contributed by atoms with van der Waals surface area (Å²) in [4.78, 5) is 40.6. The summed E-state index contributed by atoms with van der Waals surface area (Å²) in [6.45, 7) is 0. The highest BCUT2D eigenvalue weighted by Gasteiger charge is 2.44. The minimum absolute atomic E-state index is 0.0947. The quantitative estimate of drug-likeness (QED) is 0.404. The summed E-state index contributed by atoms with van der Waals surface area (Å²) in [5, 5.41) is 12.8. The Bertz CT molecular complexity index is 1330. The summed E-state index contributed by atoms with van der Waals surface area (Å²) in [7, 11) is 0. The average Bonchev–Trinajstić information content (AvgIpc) is 3.03. The van der Waals surface area contributed by atoms with Gasteiger partial charge in [0.05, 0.1) is 6.04 Å². The molecule has 0 radical (unpaired) electrons. The first-order valence-corrected chi connectivity index (χ1v) is 12.5. The molecule has 6 nitrogen and oxygen atoms in total. The van der Waals surface area contributed by atoms with Gasteiger partial charge in [0.25, 0.3) is 5.91 Å². The lowest BCUT2D eigenvalue weighted by atomic mass is 9.87. The van der Waals surface area contributed by atoms with Crippen LogP contribution in [0.4, 0.5) is 0 Å². The molecule has 1 saturated heterocycles. The molecular weight excluding hydrogens is 472 g/mol. The number of rotatable bonds is 5. The number of fused-ring (bicyclic) bond motifs is 3. The zero-order valence-corrected chi connectivity index (χ0v) is 20.4. The third-order valence-electron chi connectivity index (χ3n) is 7.05. The van der Waals surface area contributed by atoms with Crippen molar-refractivity contribution in [3.05, 3.63) is 95.6 Å². The third kappa shape index (κ3) is 4.54. The van der Waals surface area contributed by atoms with Gasteiger partial charge < -0.3 is 15.3 Å². The number of benzene rings is 3. The summed E-state index contributed by atoms with van der Waals surface area (Å²) in [6, 6.07) is 22.7. The van der Waals surface area contributed by atoms with Gasteiger partial charge in [-0.1, -0.05) is 85.0 Å². The van der Waals surface area contributed by atoms with E-state index in [1.807, 2.05) is 48.5 Å². The van der Waals surface area contributed by atoms with Gasteiger partial charge in [0.15, 0.2) is 0 Å². The SMILES string of the molecule is O=C(N[C@H]1Cc2ccc(-c3ccccc3)cc2[C@H]2CCC[C@@H](C(=O)O)N2C1=O)C(=S)c1ccccc1. The molecule has 5 rings (SSSR count). The Morgan fingerprint density at radius 1 is 0.917 bits per heavy atom. The molecule has 36 heavy (non-hydrogen) atoms. The predicted molar refractivity (Wildman–Crippen MR) is 141 cm³/mol. The Hall–Kier alpha value is -3.84. The highest BCUT2D eigenvalue weighted by Crippen LogP contribution is 2.40. The van der Waals surface area contributed by atoms with E-state index in [0.29, 0.717) is 24.8 Å². The minimum Gasteiger partial charge on any atom is -0.480 e. The third-order valence-corrected chi connectivity index (χ3v) is 7.47. The molecule has 2 heterocycles. The van der Waals surface area contributed by atoms with E-state index in [4.69, 9.17) is 12.2 Å². The van der Waals surface area contributed by atoms with E-state index in [9.17, 15) is 19.5 Å². The Morgan fingerprint density at radius 3 is 2.31 bits per heavy atom.